The Hall–Kier alpha value is -1.02. The molecular formula is C13H20N2. The third-order valence-electron chi connectivity index (χ3n) is 3.23. The zero-order chi connectivity index (χ0) is 10.7. The van der Waals surface area contributed by atoms with Gasteiger partial charge in [-0.15, -0.1) is 0 Å². The zero-order valence-corrected chi connectivity index (χ0v) is 9.45. The summed E-state index contributed by atoms with van der Waals surface area (Å²) in [6.07, 6.45) is 3.66. The van der Waals surface area contributed by atoms with Crippen LogP contribution < -0.4 is 10.6 Å². The average Bonchev–Trinajstić information content (AvgIpc) is 2.82. The van der Waals surface area contributed by atoms with Crippen LogP contribution in [-0.4, -0.2) is 13.1 Å². The number of hydrogen-bond donors (Lipinski definition) is 1. The highest BCUT2D eigenvalue weighted by atomic mass is 15.1. The van der Waals surface area contributed by atoms with E-state index in [4.69, 9.17) is 5.73 Å². The molecule has 1 aliphatic heterocycles. The lowest BCUT2D eigenvalue weighted by atomic mass is 10.1. The van der Waals surface area contributed by atoms with E-state index in [0.29, 0.717) is 0 Å². The Balaban J connectivity index is 2.09. The van der Waals surface area contributed by atoms with Gasteiger partial charge in [0.25, 0.3) is 0 Å². The molecule has 15 heavy (non-hydrogen) atoms. The molecule has 2 rings (SSSR count). The van der Waals surface area contributed by atoms with E-state index in [0.717, 1.165) is 6.42 Å². The normalized spacial score (nSPS) is 18.1. The Morgan fingerprint density at radius 3 is 2.33 bits per heavy atom. The van der Waals surface area contributed by atoms with E-state index in [9.17, 15) is 0 Å². The lowest BCUT2D eigenvalue weighted by molar-refractivity contribution is 0.698. The predicted molar refractivity (Wildman–Crippen MR) is 65.1 cm³/mol. The van der Waals surface area contributed by atoms with Gasteiger partial charge in [-0.25, -0.2) is 0 Å². The van der Waals surface area contributed by atoms with Crippen molar-refractivity contribution >= 4 is 5.69 Å². The quantitative estimate of drug-likeness (QED) is 0.820. The Kier molecular flexibility index (Phi) is 3.27. The van der Waals surface area contributed by atoms with Gasteiger partial charge in [-0.2, -0.15) is 0 Å². The van der Waals surface area contributed by atoms with Crippen LogP contribution >= 0.6 is 0 Å². The molecule has 1 aromatic rings. The molecule has 1 heterocycles. The SMILES string of the molecule is CC[C@H](N)c1ccc(N2CCCC2)cc1. The number of nitrogens with zero attached hydrogens (tertiary/aromatic N) is 1. The first-order chi connectivity index (χ1) is 7.31. The summed E-state index contributed by atoms with van der Waals surface area (Å²) < 4.78 is 0. The maximum Gasteiger partial charge on any atom is 0.0366 e. The highest BCUT2D eigenvalue weighted by molar-refractivity contribution is 5.48. The fourth-order valence-electron chi connectivity index (χ4n) is 2.14. The minimum absolute atomic E-state index is 0.192. The number of nitrogens with two attached hydrogens (primary N) is 1. The second kappa shape index (κ2) is 4.67. The first-order valence-electron chi connectivity index (χ1n) is 5.91. The van der Waals surface area contributed by atoms with E-state index in [1.165, 1.54) is 37.2 Å². The monoisotopic (exact) mass is 204 g/mol. The van der Waals surface area contributed by atoms with Crippen LogP contribution in [0.15, 0.2) is 24.3 Å². The van der Waals surface area contributed by atoms with Gasteiger partial charge in [0.2, 0.25) is 0 Å². The van der Waals surface area contributed by atoms with Crippen molar-refractivity contribution in [3.8, 4) is 0 Å². The molecule has 1 aromatic carbocycles. The van der Waals surface area contributed by atoms with Gasteiger partial charge in [0.05, 0.1) is 0 Å². The van der Waals surface area contributed by atoms with Crippen LogP contribution in [-0.2, 0) is 0 Å². The fraction of sp³-hybridized carbons (Fsp3) is 0.538. The molecule has 0 spiro atoms. The van der Waals surface area contributed by atoms with Gasteiger partial charge in [-0.1, -0.05) is 19.1 Å². The predicted octanol–water partition coefficient (Wildman–Crippen LogP) is 2.70. The van der Waals surface area contributed by atoms with E-state index in [1.54, 1.807) is 0 Å². The standard InChI is InChI=1S/C13H20N2/c1-2-13(14)11-5-7-12(8-6-11)15-9-3-4-10-15/h5-8,13H,2-4,9-10,14H2,1H3/t13-/m0/s1. The van der Waals surface area contributed by atoms with Gasteiger partial charge in [0.1, 0.15) is 0 Å². The summed E-state index contributed by atoms with van der Waals surface area (Å²) in [5, 5.41) is 0. The third-order valence-corrected chi connectivity index (χ3v) is 3.23. The molecule has 0 saturated carbocycles. The Labute approximate surface area is 92.1 Å². The molecule has 0 unspecified atom stereocenters. The minimum Gasteiger partial charge on any atom is -0.372 e. The average molecular weight is 204 g/mol. The number of anilines is 1. The van der Waals surface area contributed by atoms with Crippen molar-refractivity contribution in [1.82, 2.24) is 0 Å². The molecule has 0 aliphatic carbocycles. The van der Waals surface area contributed by atoms with Crippen LogP contribution in [0.2, 0.25) is 0 Å². The van der Waals surface area contributed by atoms with Crippen molar-refractivity contribution in [2.75, 3.05) is 18.0 Å². The molecular weight excluding hydrogens is 184 g/mol. The summed E-state index contributed by atoms with van der Waals surface area (Å²) in [5.41, 5.74) is 8.58. The number of benzene rings is 1. The van der Waals surface area contributed by atoms with Crippen molar-refractivity contribution in [2.24, 2.45) is 5.73 Å². The Bertz CT molecular complexity index is 299. The molecule has 0 amide bonds. The molecule has 82 valence electrons. The van der Waals surface area contributed by atoms with E-state index in [-0.39, 0.29) is 6.04 Å². The smallest absolute Gasteiger partial charge is 0.0366 e. The second-order valence-electron chi connectivity index (χ2n) is 4.30. The molecule has 0 aromatic heterocycles. The zero-order valence-electron chi connectivity index (χ0n) is 9.45. The molecule has 2 heteroatoms. The molecule has 0 radical (unpaired) electrons. The lowest BCUT2D eigenvalue weighted by Crippen LogP contribution is -2.17. The van der Waals surface area contributed by atoms with Crippen LogP contribution in [0.5, 0.6) is 0 Å². The summed E-state index contributed by atoms with van der Waals surface area (Å²) in [5.74, 6) is 0. The highest BCUT2D eigenvalue weighted by Gasteiger charge is 2.12. The first kappa shape index (κ1) is 10.5. The first-order valence-corrected chi connectivity index (χ1v) is 5.91. The van der Waals surface area contributed by atoms with E-state index in [2.05, 4.69) is 36.1 Å². The van der Waals surface area contributed by atoms with Crippen LogP contribution in [0.3, 0.4) is 0 Å². The van der Waals surface area contributed by atoms with Crippen molar-refractivity contribution in [3.05, 3.63) is 29.8 Å². The molecule has 1 saturated heterocycles. The summed E-state index contributed by atoms with van der Waals surface area (Å²) in [7, 11) is 0. The maximum atomic E-state index is 5.98. The van der Waals surface area contributed by atoms with Crippen LogP contribution in [0.4, 0.5) is 5.69 Å². The number of hydrogen-bond acceptors (Lipinski definition) is 2. The molecule has 1 atom stereocenters. The van der Waals surface area contributed by atoms with Crippen LogP contribution in [0, 0.1) is 0 Å². The summed E-state index contributed by atoms with van der Waals surface area (Å²) in [4.78, 5) is 2.45. The summed E-state index contributed by atoms with van der Waals surface area (Å²) in [6.45, 7) is 4.54. The second-order valence-corrected chi connectivity index (χ2v) is 4.30. The lowest BCUT2D eigenvalue weighted by Gasteiger charge is -2.18. The van der Waals surface area contributed by atoms with E-state index in [1.807, 2.05) is 0 Å². The molecule has 1 fully saturated rings. The molecule has 2 N–H and O–H groups in total. The minimum atomic E-state index is 0.192. The Morgan fingerprint density at radius 2 is 1.80 bits per heavy atom. The highest BCUT2D eigenvalue weighted by Crippen LogP contribution is 2.22. The Morgan fingerprint density at radius 1 is 1.20 bits per heavy atom. The van der Waals surface area contributed by atoms with Crippen molar-refractivity contribution in [1.29, 1.82) is 0 Å². The molecule has 1 aliphatic rings. The largest absolute Gasteiger partial charge is 0.372 e. The third kappa shape index (κ3) is 2.32. The molecule has 2 nitrogen and oxygen atoms in total. The van der Waals surface area contributed by atoms with E-state index < -0.39 is 0 Å². The van der Waals surface area contributed by atoms with Crippen LogP contribution in [0.1, 0.15) is 37.8 Å². The van der Waals surface area contributed by atoms with Gasteiger partial charge in [-0.05, 0) is 37.0 Å². The number of rotatable bonds is 3. The van der Waals surface area contributed by atoms with Gasteiger partial charge >= 0.3 is 0 Å². The van der Waals surface area contributed by atoms with Crippen molar-refractivity contribution in [2.45, 2.75) is 32.2 Å². The van der Waals surface area contributed by atoms with Crippen molar-refractivity contribution in [3.63, 3.8) is 0 Å². The fourth-order valence-corrected chi connectivity index (χ4v) is 2.14. The van der Waals surface area contributed by atoms with E-state index >= 15 is 0 Å². The van der Waals surface area contributed by atoms with Gasteiger partial charge in [0, 0.05) is 24.8 Å². The summed E-state index contributed by atoms with van der Waals surface area (Å²) in [6, 6.07) is 8.94. The topological polar surface area (TPSA) is 29.3 Å². The summed E-state index contributed by atoms with van der Waals surface area (Å²) >= 11 is 0. The van der Waals surface area contributed by atoms with Gasteiger partial charge < -0.3 is 10.6 Å². The van der Waals surface area contributed by atoms with Gasteiger partial charge in [-0.3, -0.25) is 0 Å². The van der Waals surface area contributed by atoms with Crippen molar-refractivity contribution < 1.29 is 0 Å². The van der Waals surface area contributed by atoms with Gasteiger partial charge in [0.15, 0.2) is 0 Å². The molecule has 0 bridgehead atoms. The maximum absolute atomic E-state index is 5.98. The van der Waals surface area contributed by atoms with Crippen LogP contribution in [0.25, 0.3) is 0 Å².